The van der Waals surface area contributed by atoms with Crippen molar-refractivity contribution in [2.45, 2.75) is 46.3 Å². The van der Waals surface area contributed by atoms with E-state index >= 15 is 0 Å². The van der Waals surface area contributed by atoms with Crippen molar-refractivity contribution >= 4 is 12.0 Å². The summed E-state index contributed by atoms with van der Waals surface area (Å²) in [4.78, 5) is 25.0. The highest BCUT2D eigenvalue weighted by atomic mass is 16.6. The number of carbonyl (C=O) groups excluding carboxylic acids is 2. The summed E-state index contributed by atoms with van der Waals surface area (Å²) in [7, 11) is 0. The number of carbonyl (C=O) groups is 2. The van der Waals surface area contributed by atoms with Crippen LogP contribution in [0.4, 0.5) is 4.79 Å². The van der Waals surface area contributed by atoms with E-state index in [2.05, 4.69) is 0 Å². The lowest BCUT2D eigenvalue weighted by Crippen LogP contribution is -2.39. The normalized spacial score (nSPS) is 15.1. The van der Waals surface area contributed by atoms with Crippen LogP contribution < -0.4 is 0 Å². The third kappa shape index (κ3) is 3.16. The van der Waals surface area contributed by atoms with Crippen LogP contribution in [0.25, 0.3) is 0 Å². The zero-order chi connectivity index (χ0) is 14.2. The molecule has 5 heteroatoms. The van der Waals surface area contributed by atoms with Crippen LogP contribution in [0.15, 0.2) is 12.4 Å². The molecule has 0 radical (unpaired) electrons. The number of hydrogen-bond donors (Lipinski definition) is 0. The number of fused-ring (bicyclic) bond motifs is 1. The summed E-state index contributed by atoms with van der Waals surface area (Å²) < 4.78 is 6.93. The van der Waals surface area contributed by atoms with Gasteiger partial charge in [-0.2, -0.15) is 0 Å². The molecule has 1 aromatic heterocycles. The van der Waals surface area contributed by atoms with Crippen LogP contribution in [0.5, 0.6) is 0 Å². The fraction of sp³-hybridized carbons (Fsp3) is 0.571. The van der Waals surface area contributed by atoms with Crippen LogP contribution in [0.3, 0.4) is 0 Å². The lowest BCUT2D eigenvalue weighted by Gasteiger charge is -2.29. The van der Waals surface area contributed by atoms with Crippen LogP contribution in [0.2, 0.25) is 0 Å². The zero-order valence-corrected chi connectivity index (χ0v) is 11.9. The van der Waals surface area contributed by atoms with E-state index in [9.17, 15) is 9.59 Å². The smallest absolute Gasteiger partial charge is 0.410 e. The fourth-order valence-electron chi connectivity index (χ4n) is 2.11. The summed E-state index contributed by atoms with van der Waals surface area (Å²) in [5, 5.41) is 0. The fourth-order valence-corrected chi connectivity index (χ4v) is 2.11. The van der Waals surface area contributed by atoms with Crippen LogP contribution in [-0.4, -0.2) is 33.6 Å². The molecule has 5 nitrogen and oxygen atoms in total. The number of hydrogen-bond acceptors (Lipinski definition) is 3. The molecule has 0 saturated carbocycles. The average Bonchev–Trinajstić information content (AvgIpc) is 2.69. The largest absolute Gasteiger partial charge is 0.444 e. The molecule has 19 heavy (non-hydrogen) atoms. The molecule has 2 rings (SSSR count). The molecule has 0 aromatic carbocycles. The highest BCUT2D eigenvalue weighted by Gasteiger charge is 2.26. The molecule has 0 saturated heterocycles. The van der Waals surface area contributed by atoms with Gasteiger partial charge in [0.05, 0.1) is 6.54 Å². The maximum atomic E-state index is 12.0. The Morgan fingerprint density at radius 2 is 1.84 bits per heavy atom. The molecule has 2 heterocycles. The first-order valence-electron chi connectivity index (χ1n) is 6.45. The second-order valence-electron chi connectivity index (χ2n) is 5.89. The second-order valence-corrected chi connectivity index (χ2v) is 5.89. The molecule has 0 unspecified atom stereocenters. The van der Waals surface area contributed by atoms with Gasteiger partial charge in [-0.05, 0) is 38.3 Å². The molecule has 0 fully saturated rings. The Hall–Kier alpha value is -1.78. The van der Waals surface area contributed by atoms with Crippen LogP contribution in [0, 0.1) is 0 Å². The van der Waals surface area contributed by atoms with Crippen LogP contribution >= 0.6 is 0 Å². The van der Waals surface area contributed by atoms with Gasteiger partial charge in [0.25, 0.3) is 0 Å². The van der Waals surface area contributed by atoms with Crippen molar-refractivity contribution in [1.29, 1.82) is 0 Å². The van der Waals surface area contributed by atoms with E-state index in [4.69, 9.17) is 4.74 Å². The van der Waals surface area contributed by atoms with E-state index < -0.39 is 5.60 Å². The minimum Gasteiger partial charge on any atom is -0.444 e. The van der Waals surface area contributed by atoms with Gasteiger partial charge in [-0.1, -0.05) is 0 Å². The first-order valence-corrected chi connectivity index (χ1v) is 6.45. The summed E-state index contributed by atoms with van der Waals surface area (Å²) in [5.74, 6) is -0.0155. The third-order valence-electron chi connectivity index (χ3n) is 3.03. The highest BCUT2D eigenvalue weighted by Crippen LogP contribution is 2.21. The van der Waals surface area contributed by atoms with Gasteiger partial charge in [0.1, 0.15) is 5.60 Å². The van der Waals surface area contributed by atoms with Gasteiger partial charge in [-0.15, -0.1) is 0 Å². The minimum atomic E-state index is -0.483. The molecule has 0 bridgehead atoms. The quantitative estimate of drug-likeness (QED) is 0.723. The van der Waals surface area contributed by atoms with Gasteiger partial charge in [-0.25, -0.2) is 4.79 Å². The van der Waals surface area contributed by atoms with Gasteiger partial charge < -0.3 is 9.64 Å². The lowest BCUT2D eigenvalue weighted by atomic mass is 10.1. The summed E-state index contributed by atoms with van der Waals surface area (Å²) in [6.45, 7) is 8.22. The van der Waals surface area contributed by atoms with Gasteiger partial charge in [-0.3, -0.25) is 9.36 Å². The van der Waals surface area contributed by atoms with Gasteiger partial charge in [0.15, 0.2) is 0 Å². The Labute approximate surface area is 113 Å². The topological polar surface area (TPSA) is 51.5 Å². The van der Waals surface area contributed by atoms with Crippen molar-refractivity contribution < 1.29 is 14.3 Å². The summed E-state index contributed by atoms with van der Waals surface area (Å²) >= 11 is 0. The Balaban J connectivity index is 2.09. The van der Waals surface area contributed by atoms with E-state index in [0.717, 1.165) is 17.5 Å². The number of rotatable bonds is 0. The molecular formula is C14H20N2O3. The van der Waals surface area contributed by atoms with E-state index in [-0.39, 0.29) is 12.0 Å². The molecular weight excluding hydrogens is 244 g/mol. The Bertz CT molecular complexity index is 511. The SMILES string of the molecule is CC(=O)n1cc2c(c1)CN(C(=O)OC(C)(C)C)CC2. The van der Waals surface area contributed by atoms with Gasteiger partial charge >= 0.3 is 6.09 Å². The maximum absolute atomic E-state index is 12.0. The molecule has 104 valence electrons. The third-order valence-corrected chi connectivity index (χ3v) is 3.03. The van der Waals surface area contributed by atoms with Gasteiger partial charge in [0.2, 0.25) is 5.91 Å². The molecule has 0 aliphatic carbocycles. The molecule has 1 aliphatic rings. The number of nitrogens with zero attached hydrogens (tertiary/aromatic N) is 2. The van der Waals surface area contributed by atoms with Crippen LogP contribution in [0.1, 0.15) is 43.6 Å². The maximum Gasteiger partial charge on any atom is 0.410 e. The second kappa shape index (κ2) is 4.72. The average molecular weight is 264 g/mol. The van der Waals surface area contributed by atoms with Crippen molar-refractivity contribution in [2.75, 3.05) is 6.54 Å². The zero-order valence-electron chi connectivity index (χ0n) is 11.9. The van der Waals surface area contributed by atoms with Crippen molar-refractivity contribution in [3.05, 3.63) is 23.5 Å². The summed E-state index contributed by atoms with van der Waals surface area (Å²) in [5.41, 5.74) is 1.67. The number of aromatic nitrogens is 1. The molecule has 1 aliphatic heterocycles. The van der Waals surface area contributed by atoms with E-state index in [1.165, 1.54) is 6.92 Å². The van der Waals surface area contributed by atoms with Crippen molar-refractivity contribution in [1.82, 2.24) is 9.47 Å². The first kappa shape index (κ1) is 13.6. The van der Waals surface area contributed by atoms with Crippen molar-refractivity contribution in [3.8, 4) is 0 Å². The van der Waals surface area contributed by atoms with Crippen molar-refractivity contribution in [3.63, 3.8) is 0 Å². The molecule has 1 aromatic rings. The van der Waals surface area contributed by atoms with Crippen molar-refractivity contribution in [2.24, 2.45) is 0 Å². The van der Waals surface area contributed by atoms with E-state index in [1.54, 1.807) is 15.7 Å². The standard InChI is InChI=1S/C14H20N2O3/c1-10(17)16-7-11-5-6-15(8-12(11)9-16)13(18)19-14(2,3)4/h7,9H,5-6,8H2,1-4H3. The lowest BCUT2D eigenvalue weighted by molar-refractivity contribution is 0.0224. The molecule has 0 spiro atoms. The Kier molecular flexibility index (Phi) is 3.39. The summed E-state index contributed by atoms with van der Waals surface area (Å²) in [6, 6.07) is 0. The van der Waals surface area contributed by atoms with E-state index in [0.29, 0.717) is 13.1 Å². The monoisotopic (exact) mass is 264 g/mol. The van der Waals surface area contributed by atoms with Gasteiger partial charge in [0, 0.05) is 25.9 Å². The first-order chi connectivity index (χ1) is 8.76. The Morgan fingerprint density at radius 1 is 1.21 bits per heavy atom. The van der Waals surface area contributed by atoms with E-state index in [1.807, 2.05) is 27.0 Å². The highest BCUT2D eigenvalue weighted by molar-refractivity contribution is 5.77. The predicted molar refractivity (Wildman–Crippen MR) is 71.1 cm³/mol. The minimum absolute atomic E-state index is 0.0155. The molecule has 0 N–H and O–H groups in total. The molecule has 0 atom stereocenters. The number of ether oxygens (including phenoxy) is 1. The van der Waals surface area contributed by atoms with Crippen LogP contribution in [-0.2, 0) is 17.7 Å². The number of amides is 1. The molecule has 1 amide bonds. The summed E-state index contributed by atoms with van der Waals surface area (Å²) in [6.07, 6.45) is 4.11. The Morgan fingerprint density at radius 3 is 2.42 bits per heavy atom. The predicted octanol–water partition coefficient (Wildman–Crippen LogP) is 2.44.